The Kier molecular flexibility index (Phi) is 11.5. The van der Waals surface area contributed by atoms with Gasteiger partial charge in [-0.3, -0.25) is 4.79 Å². The molecule has 0 aromatic heterocycles. The van der Waals surface area contributed by atoms with Crippen LogP contribution >= 0.6 is 0 Å². The summed E-state index contributed by atoms with van der Waals surface area (Å²) in [6.07, 6.45) is 17.0. The number of hydrogen-bond acceptors (Lipinski definition) is 3. The van der Waals surface area contributed by atoms with Crippen LogP contribution in [-0.2, 0) is 9.53 Å². The van der Waals surface area contributed by atoms with Gasteiger partial charge in [-0.2, -0.15) is 0 Å². The first-order chi connectivity index (χ1) is 14.2. The second-order valence-electron chi connectivity index (χ2n) is 8.37. The third kappa shape index (κ3) is 9.96. The van der Waals surface area contributed by atoms with Gasteiger partial charge in [0.15, 0.2) is 0 Å². The molecule has 1 N–H and O–H groups in total. The van der Waals surface area contributed by atoms with Crippen molar-refractivity contribution in [3.63, 3.8) is 0 Å². The van der Waals surface area contributed by atoms with Gasteiger partial charge in [-0.25, -0.2) is 4.79 Å². The molecule has 0 heterocycles. The lowest BCUT2D eigenvalue weighted by molar-refractivity contribution is -0.116. The maximum atomic E-state index is 12.6. The summed E-state index contributed by atoms with van der Waals surface area (Å²) in [5, 5.41) is 2.90. The highest BCUT2D eigenvalue weighted by molar-refractivity contribution is 5.93. The molecular formula is C25H39NO3. The van der Waals surface area contributed by atoms with Crippen LogP contribution in [0.4, 0.5) is 5.69 Å². The van der Waals surface area contributed by atoms with Crippen LogP contribution in [0.2, 0.25) is 0 Å². The topological polar surface area (TPSA) is 55.4 Å². The van der Waals surface area contributed by atoms with Crippen LogP contribution in [0.25, 0.3) is 0 Å². The smallest absolute Gasteiger partial charge is 0.338 e. The number of hydrogen-bond donors (Lipinski definition) is 1. The lowest BCUT2D eigenvalue weighted by atomic mass is 9.99. The first-order valence-corrected chi connectivity index (χ1v) is 11.8. The van der Waals surface area contributed by atoms with Crippen molar-refractivity contribution < 1.29 is 14.3 Å². The minimum atomic E-state index is -0.247. The Labute approximate surface area is 176 Å². The third-order valence-electron chi connectivity index (χ3n) is 5.74. The van der Waals surface area contributed by atoms with E-state index in [9.17, 15) is 9.59 Å². The van der Waals surface area contributed by atoms with E-state index in [0.717, 1.165) is 50.6 Å². The van der Waals surface area contributed by atoms with E-state index in [1.54, 1.807) is 24.3 Å². The van der Waals surface area contributed by atoms with Crippen LogP contribution in [0.1, 0.15) is 114 Å². The Morgan fingerprint density at radius 2 is 1.41 bits per heavy atom. The fraction of sp³-hybridized carbons (Fsp3) is 0.680. The summed E-state index contributed by atoms with van der Waals surface area (Å²) in [6.45, 7) is 2.12. The molecule has 0 aliphatic heterocycles. The Bertz CT molecular complexity index is 585. The summed E-state index contributed by atoms with van der Waals surface area (Å²) in [6, 6.07) is 7.07. The van der Waals surface area contributed by atoms with Gasteiger partial charge in [0.25, 0.3) is 0 Å². The molecule has 1 aromatic rings. The first-order valence-electron chi connectivity index (χ1n) is 11.8. The molecule has 4 heteroatoms. The number of carbonyl (C=O) groups excluding carboxylic acids is 2. The molecule has 1 aliphatic carbocycles. The maximum absolute atomic E-state index is 12.6. The number of amides is 1. The molecule has 1 aliphatic rings. The molecule has 1 fully saturated rings. The Balaban J connectivity index is 1.82. The molecule has 1 saturated carbocycles. The van der Waals surface area contributed by atoms with Crippen molar-refractivity contribution in [3.8, 4) is 0 Å². The SMILES string of the molecule is CCCCCC(=O)Nc1ccc(C(=O)OC2CCCCCCCCCCC2)cc1. The van der Waals surface area contributed by atoms with Gasteiger partial charge >= 0.3 is 5.97 Å². The number of nitrogens with one attached hydrogen (secondary N) is 1. The van der Waals surface area contributed by atoms with Crippen LogP contribution in [0.15, 0.2) is 24.3 Å². The van der Waals surface area contributed by atoms with Crippen LogP contribution in [0.3, 0.4) is 0 Å². The number of anilines is 1. The molecule has 0 atom stereocenters. The molecule has 4 nitrogen and oxygen atoms in total. The fourth-order valence-electron chi connectivity index (χ4n) is 3.91. The average molecular weight is 402 g/mol. The van der Waals surface area contributed by atoms with Crippen molar-refractivity contribution >= 4 is 17.6 Å². The maximum Gasteiger partial charge on any atom is 0.338 e. The van der Waals surface area contributed by atoms with Crippen molar-refractivity contribution in [2.24, 2.45) is 0 Å². The number of ether oxygens (including phenoxy) is 1. The van der Waals surface area contributed by atoms with Crippen LogP contribution in [0.5, 0.6) is 0 Å². The molecule has 0 saturated heterocycles. The summed E-state index contributed by atoms with van der Waals surface area (Å²) in [5.74, 6) is -0.218. The molecular weight excluding hydrogens is 362 g/mol. The Morgan fingerprint density at radius 1 is 0.862 bits per heavy atom. The third-order valence-corrected chi connectivity index (χ3v) is 5.74. The highest BCUT2D eigenvalue weighted by Gasteiger charge is 2.16. The Morgan fingerprint density at radius 3 is 1.97 bits per heavy atom. The molecule has 162 valence electrons. The quantitative estimate of drug-likeness (QED) is 0.394. The summed E-state index contributed by atoms with van der Waals surface area (Å²) >= 11 is 0. The normalized spacial score (nSPS) is 17.0. The zero-order valence-electron chi connectivity index (χ0n) is 18.2. The van der Waals surface area contributed by atoms with E-state index in [1.807, 2.05) is 0 Å². The molecule has 29 heavy (non-hydrogen) atoms. The van der Waals surface area contributed by atoms with Crippen molar-refractivity contribution in [3.05, 3.63) is 29.8 Å². The number of carbonyl (C=O) groups is 2. The van der Waals surface area contributed by atoms with E-state index in [1.165, 1.54) is 44.9 Å². The van der Waals surface area contributed by atoms with Gasteiger partial charge in [0.2, 0.25) is 5.91 Å². The number of esters is 1. The summed E-state index contributed by atoms with van der Waals surface area (Å²) in [4.78, 5) is 24.5. The predicted octanol–water partition coefficient (Wildman–Crippen LogP) is 7.04. The molecule has 1 aromatic carbocycles. The highest BCUT2D eigenvalue weighted by atomic mass is 16.5. The number of rotatable bonds is 7. The fourth-order valence-corrected chi connectivity index (χ4v) is 3.91. The minimum absolute atomic E-state index is 0.0277. The zero-order valence-corrected chi connectivity index (χ0v) is 18.2. The minimum Gasteiger partial charge on any atom is -0.459 e. The zero-order chi connectivity index (χ0) is 20.7. The standard InChI is InChI=1S/C25H39NO3/c1-2-3-11-16-24(27)26-22-19-17-21(18-20-22)25(28)29-23-14-12-9-7-5-4-6-8-10-13-15-23/h17-20,23H,2-16H2,1H3,(H,26,27). The molecule has 0 bridgehead atoms. The van der Waals surface area contributed by atoms with Gasteiger partial charge in [0.05, 0.1) is 5.56 Å². The molecule has 0 radical (unpaired) electrons. The highest BCUT2D eigenvalue weighted by Crippen LogP contribution is 2.20. The van der Waals surface area contributed by atoms with E-state index in [2.05, 4.69) is 12.2 Å². The van der Waals surface area contributed by atoms with Gasteiger partial charge in [-0.1, -0.05) is 64.7 Å². The van der Waals surface area contributed by atoms with Crippen LogP contribution in [0, 0.1) is 0 Å². The molecule has 2 rings (SSSR count). The molecule has 1 amide bonds. The first kappa shape index (κ1) is 23.4. The van der Waals surface area contributed by atoms with Gasteiger partial charge in [0.1, 0.15) is 6.10 Å². The average Bonchev–Trinajstić information content (AvgIpc) is 2.70. The number of benzene rings is 1. The number of unbranched alkanes of at least 4 members (excludes halogenated alkanes) is 2. The summed E-state index contributed by atoms with van der Waals surface area (Å²) in [5.41, 5.74) is 1.29. The van der Waals surface area contributed by atoms with Crippen molar-refractivity contribution in [1.29, 1.82) is 0 Å². The largest absolute Gasteiger partial charge is 0.459 e. The van der Waals surface area contributed by atoms with E-state index >= 15 is 0 Å². The predicted molar refractivity (Wildman–Crippen MR) is 119 cm³/mol. The van der Waals surface area contributed by atoms with Crippen molar-refractivity contribution in [2.45, 2.75) is 109 Å². The summed E-state index contributed by atoms with van der Waals surface area (Å²) in [7, 11) is 0. The lowest BCUT2D eigenvalue weighted by Gasteiger charge is -2.19. The second-order valence-corrected chi connectivity index (χ2v) is 8.37. The van der Waals surface area contributed by atoms with Gasteiger partial charge in [-0.15, -0.1) is 0 Å². The molecule has 0 spiro atoms. The van der Waals surface area contributed by atoms with Crippen molar-refractivity contribution in [1.82, 2.24) is 0 Å². The van der Waals surface area contributed by atoms with E-state index in [-0.39, 0.29) is 18.0 Å². The van der Waals surface area contributed by atoms with E-state index in [0.29, 0.717) is 12.0 Å². The van der Waals surface area contributed by atoms with Crippen LogP contribution < -0.4 is 5.32 Å². The van der Waals surface area contributed by atoms with Crippen molar-refractivity contribution in [2.75, 3.05) is 5.32 Å². The monoisotopic (exact) mass is 401 g/mol. The van der Waals surface area contributed by atoms with Gasteiger partial charge in [-0.05, 0) is 56.4 Å². The second kappa shape index (κ2) is 14.2. The van der Waals surface area contributed by atoms with E-state index in [4.69, 9.17) is 4.74 Å². The van der Waals surface area contributed by atoms with Crippen LogP contribution in [-0.4, -0.2) is 18.0 Å². The van der Waals surface area contributed by atoms with E-state index < -0.39 is 0 Å². The summed E-state index contributed by atoms with van der Waals surface area (Å²) < 4.78 is 5.84. The van der Waals surface area contributed by atoms with Gasteiger partial charge < -0.3 is 10.1 Å². The lowest BCUT2D eigenvalue weighted by Crippen LogP contribution is -2.19. The Hall–Kier alpha value is -1.84. The van der Waals surface area contributed by atoms with Gasteiger partial charge in [0, 0.05) is 12.1 Å². The molecule has 0 unspecified atom stereocenters.